The van der Waals surface area contributed by atoms with E-state index in [-0.39, 0.29) is 12.0 Å². The first-order valence-electron chi connectivity index (χ1n) is 8.07. The van der Waals surface area contributed by atoms with Gasteiger partial charge in [-0.05, 0) is 38.8 Å². The highest BCUT2D eigenvalue weighted by molar-refractivity contribution is 7.99. The van der Waals surface area contributed by atoms with E-state index >= 15 is 0 Å². The summed E-state index contributed by atoms with van der Waals surface area (Å²) in [5.74, 6) is 1.95. The smallest absolute Gasteiger partial charge is 0.230 e. The zero-order chi connectivity index (χ0) is 17.1. The summed E-state index contributed by atoms with van der Waals surface area (Å²) >= 11 is 1.39. The molecule has 1 fully saturated rings. The highest BCUT2D eigenvalue weighted by Gasteiger charge is 2.24. The van der Waals surface area contributed by atoms with Crippen molar-refractivity contribution in [2.45, 2.75) is 44.0 Å². The molecule has 0 aliphatic heterocycles. The summed E-state index contributed by atoms with van der Waals surface area (Å²) in [4.78, 5) is 11.8. The predicted molar refractivity (Wildman–Crippen MR) is 93.1 cm³/mol. The number of thioether (sulfide) groups is 1. The van der Waals surface area contributed by atoms with Gasteiger partial charge in [0, 0.05) is 13.1 Å². The minimum atomic E-state index is -0.222. The lowest BCUT2D eigenvalue weighted by Gasteiger charge is -2.14. The second kappa shape index (κ2) is 7.25. The SMILES string of the molecule is Cc1ccc(OC(C)c2nnc(SCC(=O)NC3CC3)n2C)cc1. The van der Waals surface area contributed by atoms with Gasteiger partial charge in [-0.15, -0.1) is 10.2 Å². The van der Waals surface area contributed by atoms with E-state index in [9.17, 15) is 4.79 Å². The Morgan fingerprint density at radius 3 is 2.75 bits per heavy atom. The first-order valence-corrected chi connectivity index (χ1v) is 9.06. The normalized spacial score (nSPS) is 15.1. The summed E-state index contributed by atoms with van der Waals surface area (Å²) in [6, 6.07) is 8.30. The molecule has 0 bridgehead atoms. The number of ether oxygens (including phenoxy) is 1. The third-order valence-corrected chi connectivity index (χ3v) is 4.86. The molecule has 24 heavy (non-hydrogen) atoms. The summed E-state index contributed by atoms with van der Waals surface area (Å²) in [5.41, 5.74) is 1.19. The number of carbonyl (C=O) groups excluding carboxylic acids is 1. The minimum Gasteiger partial charge on any atom is -0.483 e. The molecule has 1 heterocycles. The van der Waals surface area contributed by atoms with Gasteiger partial charge in [0.1, 0.15) is 5.75 Å². The molecular weight excluding hydrogens is 324 g/mol. The van der Waals surface area contributed by atoms with Crippen LogP contribution in [0.4, 0.5) is 0 Å². The minimum absolute atomic E-state index is 0.0519. The molecule has 1 aliphatic carbocycles. The fourth-order valence-electron chi connectivity index (χ4n) is 2.31. The molecule has 1 saturated carbocycles. The molecule has 0 radical (unpaired) electrons. The lowest BCUT2D eigenvalue weighted by atomic mass is 10.2. The van der Waals surface area contributed by atoms with Crippen molar-refractivity contribution in [3.63, 3.8) is 0 Å². The van der Waals surface area contributed by atoms with Crippen molar-refractivity contribution in [3.05, 3.63) is 35.7 Å². The Bertz CT molecular complexity index is 710. The zero-order valence-electron chi connectivity index (χ0n) is 14.2. The molecule has 1 aliphatic rings. The number of hydrogen-bond donors (Lipinski definition) is 1. The van der Waals surface area contributed by atoms with E-state index in [1.54, 1.807) is 0 Å². The maximum absolute atomic E-state index is 11.8. The molecule has 1 unspecified atom stereocenters. The summed E-state index contributed by atoms with van der Waals surface area (Å²) in [6.07, 6.45) is 1.97. The van der Waals surface area contributed by atoms with Crippen LogP contribution >= 0.6 is 11.8 Å². The van der Waals surface area contributed by atoms with Gasteiger partial charge in [0.25, 0.3) is 0 Å². The fraction of sp³-hybridized carbons (Fsp3) is 0.471. The Hall–Kier alpha value is -2.02. The second-order valence-corrected chi connectivity index (χ2v) is 7.05. The van der Waals surface area contributed by atoms with Crippen molar-refractivity contribution in [3.8, 4) is 5.75 Å². The molecule has 1 aromatic carbocycles. The maximum atomic E-state index is 11.8. The second-order valence-electron chi connectivity index (χ2n) is 6.10. The van der Waals surface area contributed by atoms with Crippen LogP contribution < -0.4 is 10.1 Å². The van der Waals surface area contributed by atoms with Crippen LogP contribution in [0.25, 0.3) is 0 Å². The first-order chi connectivity index (χ1) is 11.5. The molecule has 0 saturated heterocycles. The number of amides is 1. The van der Waals surface area contributed by atoms with Crippen LogP contribution in [0.5, 0.6) is 5.75 Å². The number of nitrogens with zero attached hydrogens (tertiary/aromatic N) is 3. The van der Waals surface area contributed by atoms with Crippen molar-refractivity contribution < 1.29 is 9.53 Å². The number of carbonyl (C=O) groups is 1. The number of benzene rings is 1. The van der Waals surface area contributed by atoms with Gasteiger partial charge >= 0.3 is 0 Å². The Kier molecular flexibility index (Phi) is 5.08. The number of nitrogens with one attached hydrogen (secondary N) is 1. The molecular formula is C17H22N4O2S. The molecule has 1 N–H and O–H groups in total. The maximum Gasteiger partial charge on any atom is 0.230 e. The molecule has 0 spiro atoms. The lowest BCUT2D eigenvalue weighted by molar-refractivity contribution is -0.118. The Balaban J connectivity index is 1.58. The Morgan fingerprint density at radius 2 is 2.08 bits per heavy atom. The molecule has 6 nitrogen and oxygen atoms in total. The van der Waals surface area contributed by atoms with Crippen LogP contribution in [0.2, 0.25) is 0 Å². The van der Waals surface area contributed by atoms with Gasteiger partial charge in [-0.1, -0.05) is 29.5 Å². The molecule has 1 atom stereocenters. The first kappa shape index (κ1) is 16.8. The summed E-state index contributed by atoms with van der Waals surface area (Å²) in [7, 11) is 1.89. The number of rotatable bonds is 7. The van der Waals surface area contributed by atoms with Crippen LogP contribution in [-0.4, -0.2) is 32.5 Å². The number of aromatic nitrogens is 3. The lowest BCUT2D eigenvalue weighted by Crippen LogP contribution is -2.27. The van der Waals surface area contributed by atoms with Crippen LogP contribution in [0.3, 0.4) is 0 Å². The van der Waals surface area contributed by atoms with Crippen LogP contribution in [0.1, 0.15) is 37.3 Å². The average molecular weight is 346 g/mol. The van der Waals surface area contributed by atoms with E-state index in [1.807, 2.05) is 49.7 Å². The van der Waals surface area contributed by atoms with Gasteiger partial charge < -0.3 is 14.6 Å². The van der Waals surface area contributed by atoms with Crippen molar-refractivity contribution >= 4 is 17.7 Å². The van der Waals surface area contributed by atoms with Gasteiger partial charge in [-0.2, -0.15) is 0 Å². The fourth-order valence-corrected chi connectivity index (χ4v) is 3.04. The molecule has 128 valence electrons. The largest absolute Gasteiger partial charge is 0.483 e. The average Bonchev–Trinajstić information content (AvgIpc) is 3.28. The van der Waals surface area contributed by atoms with E-state index in [2.05, 4.69) is 15.5 Å². The van der Waals surface area contributed by atoms with Gasteiger partial charge in [0.2, 0.25) is 5.91 Å². The van der Waals surface area contributed by atoms with E-state index in [1.165, 1.54) is 17.3 Å². The van der Waals surface area contributed by atoms with Crippen molar-refractivity contribution in [1.29, 1.82) is 0 Å². The molecule has 1 aromatic heterocycles. The monoisotopic (exact) mass is 346 g/mol. The van der Waals surface area contributed by atoms with Gasteiger partial charge in [-0.3, -0.25) is 4.79 Å². The van der Waals surface area contributed by atoms with E-state index < -0.39 is 0 Å². The Labute approximate surface area is 146 Å². The van der Waals surface area contributed by atoms with Gasteiger partial charge in [-0.25, -0.2) is 0 Å². The van der Waals surface area contributed by atoms with Gasteiger partial charge in [0.15, 0.2) is 17.1 Å². The van der Waals surface area contributed by atoms with Crippen molar-refractivity contribution in [2.24, 2.45) is 7.05 Å². The molecule has 3 rings (SSSR count). The number of hydrogen-bond acceptors (Lipinski definition) is 5. The van der Waals surface area contributed by atoms with Crippen molar-refractivity contribution in [1.82, 2.24) is 20.1 Å². The van der Waals surface area contributed by atoms with Crippen LogP contribution in [0.15, 0.2) is 29.4 Å². The number of aryl methyl sites for hydroxylation is 1. The zero-order valence-corrected chi connectivity index (χ0v) is 15.0. The van der Waals surface area contributed by atoms with Crippen LogP contribution in [0, 0.1) is 6.92 Å². The summed E-state index contributed by atoms with van der Waals surface area (Å²) in [5, 5.41) is 12.1. The topological polar surface area (TPSA) is 69.0 Å². The molecule has 1 amide bonds. The van der Waals surface area contributed by atoms with E-state index in [0.29, 0.717) is 11.8 Å². The molecule has 7 heteroatoms. The summed E-state index contributed by atoms with van der Waals surface area (Å²) < 4.78 is 7.81. The summed E-state index contributed by atoms with van der Waals surface area (Å²) in [6.45, 7) is 3.98. The van der Waals surface area contributed by atoms with Gasteiger partial charge in [0.05, 0.1) is 5.75 Å². The standard InChI is InChI=1S/C17H22N4O2S/c1-11-4-8-14(9-5-11)23-12(2)16-19-20-17(21(16)3)24-10-15(22)18-13-6-7-13/h4-5,8-9,12-13H,6-7,10H2,1-3H3,(H,18,22). The molecule has 2 aromatic rings. The third kappa shape index (κ3) is 4.29. The Morgan fingerprint density at radius 1 is 1.38 bits per heavy atom. The highest BCUT2D eigenvalue weighted by Crippen LogP contribution is 2.24. The van der Waals surface area contributed by atoms with Crippen molar-refractivity contribution in [2.75, 3.05) is 5.75 Å². The quantitative estimate of drug-likeness (QED) is 0.781. The van der Waals surface area contributed by atoms with E-state index in [0.717, 1.165) is 29.6 Å². The predicted octanol–water partition coefficient (Wildman–Crippen LogP) is 2.63. The van der Waals surface area contributed by atoms with E-state index in [4.69, 9.17) is 4.74 Å². The highest BCUT2D eigenvalue weighted by atomic mass is 32.2. The third-order valence-electron chi connectivity index (χ3n) is 3.84. The van der Waals surface area contributed by atoms with Crippen LogP contribution in [-0.2, 0) is 11.8 Å².